The summed E-state index contributed by atoms with van der Waals surface area (Å²) in [5, 5.41) is 23.2. The molecule has 0 aliphatic heterocycles. The lowest BCUT2D eigenvalue weighted by atomic mass is 10.0. The number of hydrogen-bond acceptors (Lipinski definition) is 7. The number of pyridine rings is 1. The normalized spacial score (nSPS) is 12.0. The molecule has 0 radical (unpaired) electrons. The fourth-order valence-corrected chi connectivity index (χ4v) is 1.87. The molecule has 0 bridgehead atoms. The summed E-state index contributed by atoms with van der Waals surface area (Å²) in [6.45, 7) is 3.74. The molecule has 0 saturated heterocycles. The van der Waals surface area contributed by atoms with Crippen LogP contribution >= 0.6 is 0 Å². The molecule has 1 atom stereocenters. The maximum Gasteiger partial charge on any atom is 0.356 e. The van der Waals surface area contributed by atoms with Gasteiger partial charge in [-0.2, -0.15) is 0 Å². The Morgan fingerprint density at radius 3 is 2.67 bits per heavy atom. The van der Waals surface area contributed by atoms with Gasteiger partial charge in [0.15, 0.2) is 5.69 Å². The van der Waals surface area contributed by atoms with E-state index < -0.39 is 10.9 Å². The molecular weight excluding hydrogens is 278 g/mol. The predicted molar refractivity (Wildman–Crippen MR) is 76.2 cm³/mol. The van der Waals surface area contributed by atoms with Crippen LogP contribution in [0, 0.1) is 16.0 Å². The minimum Gasteiger partial charge on any atom is -0.464 e. The largest absolute Gasteiger partial charge is 0.464 e. The highest BCUT2D eigenvalue weighted by molar-refractivity contribution is 5.88. The lowest BCUT2D eigenvalue weighted by Gasteiger charge is -2.18. The molecule has 0 spiro atoms. The summed E-state index contributed by atoms with van der Waals surface area (Å²) >= 11 is 0. The SMILES string of the molecule is COC(=O)c1ccc([N+](=O)[O-])c(NC(CO)CC(C)C)n1. The number of hydrogen-bond donors (Lipinski definition) is 2. The van der Waals surface area contributed by atoms with Crippen LogP contribution < -0.4 is 5.32 Å². The summed E-state index contributed by atoms with van der Waals surface area (Å²) in [5.74, 6) is -0.447. The molecule has 8 nitrogen and oxygen atoms in total. The highest BCUT2D eigenvalue weighted by Crippen LogP contribution is 2.24. The zero-order chi connectivity index (χ0) is 16.0. The molecular formula is C13H19N3O5. The molecule has 0 aliphatic rings. The third-order valence-electron chi connectivity index (χ3n) is 2.78. The summed E-state index contributed by atoms with van der Waals surface area (Å²) in [5.41, 5.74) is -0.295. The zero-order valence-electron chi connectivity index (χ0n) is 12.2. The Balaban J connectivity index is 3.10. The average Bonchev–Trinajstić information content (AvgIpc) is 2.44. The van der Waals surface area contributed by atoms with Crippen molar-refractivity contribution in [2.45, 2.75) is 26.3 Å². The van der Waals surface area contributed by atoms with Crippen LogP contribution in [0.3, 0.4) is 0 Å². The summed E-state index contributed by atoms with van der Waals surface area (Å²) in [6, 6.07) is 2.03. The quantitative estimate of drug-likeness (QED) is 0.446. The molecule has 1 aromatic rings. The van der Waals surface area contributed by atoms with E-state index in [1.165, 1.54) is 19.2 Å². The van der Waals surface area contributed by atoms with Crippen molar-refractivity contribution in [1.82, 2.24) is 4.98 Å². The number of carbonyl (C=O) groups excluding carboxylic acids is 1. The monoisotopic (exact) mass is 297 g/mol. The summed E-state index contributed by atoms with van der Waals surface area (Å²) < 4.78 is 4.54. The first-order valence-corrected chi connectivity index (χ1v) is 6.50. The van der Waals surface area contributed by atoms with Gasteiger partial charge in [0.25, 0.3) is 0 Å². The lowest BCUT2D eigenvalue weighted by Crippen LogP contribution is -2.27. The van der Waals surface area contributed by atoms with Gasteiger partial charge >= 0.3 is 11.7 Å². The van der Waals surface area contributed by atoms with Crippen LogP contribution in [0.25, 0.3) is 0 Å². The number of aliphatic hydroxyl groups is 1. The van der Waals surface area contributed by atoms with E-state index >= 15 is 0 Å². The first-order valence-electron chi connectivity index (χ1n) is 6.50. The number of rotatable bonds is 7. The molecule has 1 heterocycles. The van der Waals surface area contributed by atoms with Crippen LogP contribution in [0.2, 0.25) is 0 Å². The number of carbonyl (C=O) groups is 1. The Morgan fingerprint density at radius 1 is 1.52 bits per heavy atom. The number of nitrogens with zero attached hydrogens (tertiary/aromatic N) is 2. The van der Waals surface area contributed by atoms with Gasteiger partial charge in [-0.3, -0.25) is 10.1 Å². The Bertz CT molecular complexity index is 519. The number of methoxy groups -OCH3 is 1. The second kappa shape index (κ2) is 7.53. The number of esters is 1. The molecule has 8 heteroatoms. The Morgan fingerprint density at radius 2 is 2.19 bits per heavy atom. The second-order valence-corrected chi connectivity index (χ2v) is 4.97. The summed E-state index contributed by atoms with van der Waals surface area (Å²) in [4.78, 5) is 25.8. The minimum atomic E-state index is -0.683. The molecule has 0 amide bonds. The molecule has 0 aliphatic carbocycles. The van der Waals surface area contributed by atoms with Crippen LogP contribution in [-0.4, -0.2) is 40.7 Å². The fraction of sp³-hybridized carbons (Fsp3) is 0.538. The van der Waals surface area contributed by atoms with E-state index in [1.54, 1.807) is 0 Å². The van der Waals surface area contributed by atoms with Crippen molar-refractivity contribution in [2.75, 3.05) is 19.0 Å². The molecule has 1 aromatic heterocycles. The van der Waals surface area contributed by atoms with Gasteiger partial charge in [-0.15, -0.1) is 0 Å². The molecule has 1 rings (SSSR count). The number of aromatic nitrogens is 1. The minimum absolute atomic E-state index is 0.0353. The number of anilines is 1. The van der Waals surface area contributed by atoms with Crippen molar-refractivity contribution in [3.8, 4) is 0 Å². The Labute approximate surface area is 122 Å². The van der Waals surface area contributed by atoms with Gasteiger partial charge in [0.05, 0.1) is 24.7 Å². The third kappa shape index (κ3) is 4.67. The van der Waals surface area contributed by atoms with E-state index in [4.69, 9.17) is 0 Å². The number of aliphatic hydroxyl groups excluding tert-OH is 1. The first kappa shape index (κ1) is 16.8. The third-order valence-corrected chi connectivity index (χ3v) is 2.78. The maximum absolute atomic E-state index is 11.4. The van der Waals surface area contributed by atoms with E-state index in [1.807, 2.05) is 13.8 Å². The van der Waals surface area contributed by atoms with Crippen molar-refractivity contribution in [3.05, 3.63) is 27.9 Å². The van der Waals surface area contributed by atoms with Crippen molar-refractivity contribution in [1.29, 1.82) is 0 Å². The van der Waals surface area contributed by atoms with Crippen LogP contribution in [0.15, 0.2) is 12.1 Å². The van der Waals surface area contributed by atoms with Gasteiger partial charge in [-0.25, -0.2) is 9.78 Å². The molecule has 0 aromatic carbocycles. The zero-order valence-corrected chi connectivity index (χ0v) is 12.2. The number of nitro groups is 1. The van der Waals surface area contributed by atoms with E-state index in [0.29, 0.717) is 6.42 Å². The summed E-state index contributed by atoms with van der Waals surface area (Å²) in [6.07, 6.45) is 0.609. The Kier molecular flexibility index (Phi) is 6.04. The molecule has 2 N–H and O–H groups in total. The average molecular weight is 297 g/mol. The molecule has 21 heavy (non-hydrogen) atoms. The van der Waals surface area contributed by atoms with Gasteiger partial charge < -0.3 is 15.2 Å². The van der Waals surface area contributed by atoms with Gasteiger partial charge in [-0.05, 0) is 18.4 Å². The second-order valence-electron chi connectivity index (χ2n) is 4.97. The number of ether oxygens (including phenoxy) is 1. The Hall–Kier alpha value is -2.22. The van der Waals surface area contributed by atoms with Gasteiger partial charge in [-0.1, -0.05) is 13.8 Å². The molecule has 0 saturated carbocycles. The van der Waals surface area contributed by atoms with E-state index in [0.717, 1.165) is 0 Å². The molecule has 116 valence electrons. The van der Waals surface area contributed by atoms with Gasteiger partial charge in [0, 0.05) is 6.07 Å². The smallest absolute Gasteiger partial charge is 0.356 e. The van der Waals surface area contributed by atoms with E-state index in [9.17, 15) is 20.0 Å². The van der Waals surface area contributed by atoms with Gasteiger partial charge in [0.2, 0.25) is 5.82 Å². The topological polar surface area (TPSA) is 115 Å². The fourth-order valence-electron chi connectivity index (χ4n) is 1.87. The van der Waals surface area contributed by atoms with Crippen molar-refractivity contribution in [2.24, 2.45) is 5.92 Å². The van der Waals surface area contributed by atoms with Crippen LogP contribution in [0.1, 0.15) is 30.8 Å². The molecule has 0 fully saturated rings. The highest BCUT2D eigenvalue weighted by atomic mass is 16.6. The summed E-state index contributed by atoms with van der Waals surface area (Å²) in [7, 11) is 1.20. The first-order chi connectivity index (χ1) is 9.88. The van der Waals surface area contributed by atoms with Gasteiger partial charge in [0.1, 0.15) is 0 Å². The standard InChI is InChI=1S/C13H19N3O5/c1-8(2)6-9(7-17)14-12-11(16(19)20)5-4-10(15-12)13(18)21-3/h4-5,8-9,17H,6-7H2,1-3H3,(H,14,15). The lowest BCUT2D eigenvalue weighted by molar-refractivity contribution is -0.384. The number of nitrogens with one attached hydrogen (secondary N) is 1. The van der Waals surface area contributed by atoms with E-state index in [2.05, 4.69) is 15.0 Å². The van der Waals surface area contributed by atoms with Crippen molar-refractivity contribution >= 4 is 17.5 Å². The molecule has 1 unspecified atom stereocenters. The van der Waals surface area contributed by atoms with Crippen LogP contribution in [0.4, 0.5) is 11.5 Å². The highest BCUT2D eigenvalue weighted by Gasteiger charge is 2.21. The van der Waals surface area contributed by atoms with E-state index in [-0.39, 0.29) is 35.8 Å². The van der Waals surface area contributed by atoms with Crippen LogP contribution in [-0.2, 0) is 4.74 Å². The maximum atomic E-state index is 11.4. The van der Waals surface area contributed by atoms with Crippen molar-refractivity contribution < 1.29 is 19.6 Å². The van der Waals surface area contributed by atoms with Crippen molar-refractivity contribution in [3.63, 3.8) is 0 Å². The van der Waals surface area contributed by atoms with Crippen LogP contribution in [0.5, 0.6) is 0 Å². The predicted octanol–water partition coefficient (Wildman–Crippen LogP) is 1.60.